The predicted octanol–water partition coefficient (Wildman–Crippen LogP) is 6.02. The second kappa shape index (κ2) is 9.61. The van der Waals surface area contributed by atoms with Crippen LogP contribution in [0.5, 0.6) is 11.5 Å². The van der Waals surface area contributed by atoms with Crippen molar-refractivity contribution in [1.29, 1.82) is 0 Å². The second-order valence-corrected chi connectivity index (χ2v) is 6.95. The third kappa shape index (κ3) is 5.27. The van der Waals surface area contributed by atoms with Crippen molar-refractivity contribution in [2.24, 2.45) is 0 Å². The van der Waals surface area contributed by atoms with E-state index in [-0.39, 0.29) is 5.92 Å². The second-order valence-electron chi connectivity index (χ2n) is 6.95. The first-order valence-corrected chi connectivity index (χ1v) is 9.71. The zero-order chi connectivity index (χ0) is 20.6. The van der Waals surface area contributed by atoms with E-state index in [1.165, 1.54) is 0 Å². The highest BCUT2D eigenvalue weighted by Crippen LogP contribution is 2.27. The number of carboxylic acids is 1. The molecule has 3 aromatic rings. The molecule has 29 heavy (non-hydrogen) atoms. The maximum Gasteiger partial charge on any atom is 0.311 e. The summed E-state index contributed by atoms with van der Waals surface area (Å²) in [5.41, 5.74) is 2.72. The van der Waals surface area contributed by atoms with Crippen molar-refractivity contribution >= 4 is 5.97 Å². The number of hydrogen-bond donors (Lipinski definition) is 1. The summed E-state index contributed by atoms with van der Waals surface area (Å²) in [6, 6.07) is 24.7. The molecular formula is C26H24O3. The summed E-state index contributed by atoms with van der Waals surface area (Å²) in [5.74, 6) is 2.77. The fourth-order valence-electron chi connectivity index (χ4n) is 3.35. The third-order valence-corrected chi connectivity index (χ3v) is 4.97. The molecule has 0 bridgehead atoms. The van der Waals surface area contributed by atoms with Crippen LogP contribution in [-0.4, -0.2) is 11.1 Å². The van der Waals surface area contributed by atoms with E-state index in [9.17, 15) is 9.90 Å². The van der Waals surface area contributed by atoms with E-state index in [2.05, 4.69) is 5.92 Å². The van der Waals surface area contributed by atoms with Gasteiger partial charge >= 0.3 is 5.97 Å². The first-order chi connectivity index (χ1) is 14.1. The number of benzene rings is 3. The molecule has 3 rings (SSSR count). The summed E-state index contributed by atoms with van der Waals surface area (Å²) in [6.45, 7) is 2.04. The van der Waals surface area contributed by atoms with Gasteiger partial charge < -0.3 is 9.84 Å². The van der Waals surface area contributed by atoms with Gasteiger partial charge in [-0.05, 0) is 53.8 Å². The van der Waals surface area contributed by atoms with E-state index >= 15 is 0 Å². The van der Waals surface area contributed by atoms with Gasteiger partial charge in [0.2, 0.25) is 0 Å². The largest absolute Gasteiger partial charge is 0.481 e. The van der Waals surface area contributed by atoms with Crippen molar-refractivity contribution in [3.05, 3.63) is 95.6 Å². The standard InChI is InChI=1S/C26H24O3/c1-3-20(4-2)21-13-15-22(16-14-21)25(26(27)28)18-19-9-8-12-24(17-19)29-23-10-6-5-7-11-23/h1,5-17,20,25H,4,18H2,2H3,(H,27,28). The van der Waals surface area contributed by atoms with Gasteiger partial charge in [-0.2, -0.15) is 0 Å². The highest BCUT2D eigenvalue weighted by atomic mass is 16.5. The smallest absolute Gasteiger partial charge is 0.311 e. The van der Waals surface area contributed by atoms with E-state index in [4.69, 9.17) is 11.2 Å². The fourth-order valence-corrected chi connectivity index (χ4v) is 3.35. The molecule has 0 spiro atoms. The van der Waals surface area contributed by atoms with Crippen LogP contribution in [-0.2, 0) is 11.2 Å². The van der Waals surface area contributed by atoms with Gasteiger partial charge in [0.1, 0.15) is 11.5 Å². The maximum absolute atomic E-state index is 11.9. The molecule has 0 aliphatic carbocycles. The van der Waals surface area contributed by atoms with Crippen LogP contribution in [0.1, 0.15) is 41.9 Å². The quantitative estimate of drug-likeness (QED) is 0.483. The van der Waals surface area contributed by atoms with Crippen molar-refractivity contribution in [2.45, 2.75) is 31.6 Å². The van der Waals surface area contributed by atoms with Crippen LogP contribution in [0.4, 0.5) is 0 Å². The van der Waals surface area contributed by atoms with Gasteiger partial charge in [-0.25, -0.2) is 0 Å². The third-order valence-electron chi connectivity index (χ3n) is 4.97. The molecule has 146 valence electrons. The Morgan fingerprint density at radius 1 is 0.966 bits per heavy atom. The van der Waals surface area contributed by atoms with Crippen LogP contribution < -0.4 is 4.74 Å². The Balaban J connectivity index is 1.78. The molecule has 0 saturated carbocycles. The molecule has 3 aromatic carbocycles. The van der Waals surface area contributed by atoms with Crippen LogP contribution in [0.3, 0.4) is 0 Å². The number of terminal acetylenes is 1. The van der Waals surface area contributed by atoms with Crippen LogP contribution in [0, 0.1) is 12.3 Å². The number of carboxylic acid groups (broad SMARTS) is 1. The van der Waals surface area contributed by atoms with Crippen LogP contribution in [0.2, 0.25) is 0 Å². The number of ether oxygens (including phenoxy) is 1. The van der Waals surface area contributed by atoms with Gasteiger partial charge in [0, 0.05) is 5.92 Å². The number of aliphatic carboxylic acids is 1. The van der Waals surface area contributed by atoms with Gasteiger partial charge in [-0.3, -0.25) is 4.79 Å². The monoisotopic (exact) mass is 384 g/mol. The Kier molecular flexibility index (Phi) is 6.71. The minimum absolute atomic E-state index is 0.0548. The van der Waals surface area contributed by atoms with Crippen molar-refractivity contribution in [2.75, 3.05) is 0 Å². The topological polar surface area (TPSA) is 46.5 Å². The lowest BCUT2D eigenvalue weighted by molar-refractivity contribution is -0.138. The SMILES string of the molecule is C#CC(CC)c1ccc(C(Cc2cccc(Oc3ccccc3)c2)C(=O)O)cc1. The summed E-state index contributed by atoms with van der Waals surface area (Å²) >= 11 is 0. The normalized spacial score (nSPS) is 12.6. The minimum Gasteiger partial charge on any atom is -0.481 e. The average Bonchev–Trinajstić information content (AvgIpc) is 2.74. The Morgan fingerprint density at radius 3 is 2.24 bits per heavy atom. The van der Waals surface area contributed by atoms with E-state index in [1.807, 2.05) is 85.8 Å². The molecule has 0 aliphatic rings. The molecule has 0 saturated heterocycles. The summed E-state index contributed by atoms with van der Waals surface area (Å²) in [4.78, 5) is 11.9. The van der Waals surface area contributed by atoms with E-state index in [0.717, 1.165) is 28.9 Å². The molecule has 0 radical (unpaired) electrons. The molecular weight excluding hydrogens is 360 g/mol. The number of rotatable bonds is 8. The first-order valence-electron chi connectivity index (χ1n) is 9.71. The van der Waals surface area contributed by atoms with Crippen molar-refractivity contribution < 1.29 is 14.6 Å². The fraction of sp³-hybridized carbons (Fsp3) is 0.192. The highest BCUT2D eigenvalue weighted by molar-refractivity contribution is 5.76. The summed E-state index contributed by atoms with van der Waals surface area (Å²) < 4.78 is 5.87. The van der Waals surface area contributed by atoms with Crippen LogP contribution >= 0.6 is 0 Å². The summed E-state index contributed by atoms with van der Waals surface area (Å²) in [6.07, 6.45) is 6.81. The number of carbonyl (C=O) groups is 1. The Bertz CT molecular complexity index is 984. The molecule has 1 N–H and O–H groups in total. The van der Waals surface area contributed by atoms with Crippen LogP contribution in [0.15, 0.2) is 78.9 Å². The molecule has 3 nitrogen and oxygen atoms in total. The van der Waals surface area contributed by atoms with Crippen molar-refractivity contribution in [3.8, 4) is 23.8 Å². The number of para-hydroxylation sites is 1. The van der Waals surface area contributed by atoms with E-state index in [0.29, 0.717) is 12.2 Å². The molecule has 0 heterocycles. The Morgan fingerprint density at radius 2 is 1.62 bits per heavy atom. The molecule has 2 unspecified atom stereocenters. The lowest BCUT2D eigenvalue weighted by Gasteiger charge is -2.15. The first kappa shape index (κ1) is 20.2. The number of hydrogen-bond acceptors (Lipinski definition) is 2. The molecule has 0 aliphatic heterocycles. The van der Waals surface area contributed by atoms with Crippen molar-refractivity contribution in [3.63, 3.8) is 0 Å². The van der Waals surface area contributed by atoms with Gasteiger partial charge in [0.15, 0.2) is 0 Å². The molecule has 0 fully saturated rings. The molecule has 0 aromatic heterocycles. The zero-order valence-electron chi connectivity index (χ0n) is 16.4. The molecule has 2 atom stereocenters. The van der Waals surface area contributed by atoms with Crippen molar-refractivity contribution in [1.82, 2.24) is 0 Å². The van der Waals surface area contributed by atoms with Gasteiger partial charge in [0.25, 0.3) is 0 Å². The lowest BCUT2D eigenvalue weighted by atomic mass is 9.89. The Hall–Kier alpha value is -3.51. The van der Waals surface area contributed by atoms with E-state index < -0.39 is 11.9 Å². The maximum atomic E-state index is 11.9. The molecule has 0 amide bonds. The van der Waals surface area contributed by atoms with Crippen LogP contribution in [0.25, 0.3) is 0 Å². The summed E-state index contributed by atoms with van der Waals surface area (Å²) in [7, 11) is 0. The van der Waals surface area contributed by atoms with E-state index in [1.54, 1.807) is 0 Å². The summed E-state index contributed by atoms with van der Waals surface area (Å²) in [5, 5.41) is 9.80. The predicted molar refractivity (Wildman–Crippen MR) is 115 cm³/mol. The Labute approximate surface area is 172 Å². The van der Waals surface area contributed by atoms with Gasteiger partial charge in [-0.1, -0.05) is 67.4 Å². The minimum atomic E-state index is -0.851. The molecule has 3 heteroatoms. The highest BCUT2D eigenvalue weighted by Gasteiger charge is 2.21. The van der Waals surface area contributed by atoms with Gasteiger partial charge in [-0.15, -0.1) is 6.42 Å². The zero-order valence-corrected chi connectivity index (χ0v) is 16.4. The lowest BCUT2D eigenvalue weighted by Crippen LogP contribution is -2.14. The average molecular weight is 384 g/mol. The van der Waals surface area contributed by atoms with Gasteiger partial charge in [0.05, 0.1) is 5.92 Å².